The van der Waals surface area contributed by atoms with E-state index in [-0.39, 0.29) is 17.9 Å². The molecule has 3 amide bonds. The number of anilines is 1. The highest BCUT2D eigenvalue weighted by molar-refractivity contribution is 5.89. The number of amides is 3. The third kappa shape index (κ3) is 4.84. The third-order valence-electron chi connectivity index (χ3n) is 3.41. The molecule has 0 unspecified atom stereocenters. The summed E-state index contributed by atoms with van der Waals surface area (Å²) in [5.74, 6) is -0.0909. The van der Waals surface area contributed by atoms with Crippen LogP contribution in [-0.2, 0) is 4.79 Å². The molecule has 0 aliphatic carbocycles. The summed E-state index contributed by atoms with van der Waals surface area (Å²) in [5, 5.41) is 12.5. The second-order valence-corrected chi connectivity index (χ2v) is 5.76. The van der Waals surface area contributed by atoms with Gasteiger partial charge in [-0.15, -0.1) is 0 Å². The first-order valence-electron chi connectivity index (χ1n) is 7.91. The Morgan fingerprint density at radius 3 is 2.58 bits per heavy atom. The quantitative estimate of drug-likeness (QED) is 0.709. The van der Waals surface area contributed by atoms with Crippen LogP contribution in [0.1, 0.15) is 19.5 Å². The lowest BCUT2D eigenvalue weighted by molar-refractivity contribution is -0.123. The Morgan fingerprint density at radius 1 is 1.17 bits per heavy atom. The number of carbonyl (C=O) groups excluding carboxylic acids is 2. The highest BCUT2D eigenvalue weighted by Gasteiger charge is 2.07. The van der Waals surface area contributed by atoms with Crippen molar-refractivity contribution in [2.75, 3.05) is 18.4 Å². The van der Waals surface area contributed by atoms with Gasteiger partial charge in [0.2, 0.25) is 5.91 Å². The van der Waals surface area contributed by atoms with Crippen LogP contribution in [0.15, 0.2) is 36.5 Å². The highest BCUT2D eigenvalue weighted by atomic mass is 16.2. The Bertz CT molecular complexity index is 709. The van der Waals surface area contributed by atoms with Crippen molar-refractivity contribution in [3.8, 4) is 5.69 Å². The normalized spacial score (nSPS) is 10.5. The fourth-order valence-electron chi connectivity index (χ4n) is 2.10. The fourth-order valence-corrected chi connectivity index (χ4v) is 2.10. The second kappa shape index (κ2) is 8.14. The molecule has 0 spiro atoms. The summed E-state index contributed by atoms with van der Waals surface area (Å²) >= 11 is 0. The Balaban J connectivity index is 1.84. The Hall–Kier alpha value is -2.83. The van der Waals surface area contributed by atoms with E-state index in [1.54, 1.807) is 10.9 Å². The van der Waals surface area contributed by atoms with Crippen molar-refractivity contribution in [3.63, 3.8) is 0 Å². The van der Waals surface area contributed by atoms with Gasteiger partial charge in [0.25, 0.3) is 0 Å². The van der Waals surface area contributed by atoms with E-state index in [1.165, 1.54) is 0 Å². The van der Waals surface area contributed by atoms with Gasteiger partial charge in [0.05, 0.1) is 5.69 Å². The molecule has 3 N–H and O–H groups in total. The second-order valence-electron chi connectivity index (χ2n) is 5.76. The van der Waals surface area contributed by atoms with Crippen LogP contribution in [0.4, 0.5) is 10.5 Å². The molecule has 2 rings (SSSR count). The zero-order valence-electron chi connectivity index (χ0n) is 14.2. The Morgan fingerprint density at radius 2 is 1.92 bits per heavy atom. The lowest BCUT2D eigenvalue weighted by Crippen LogP contribution is -2.38. The molecule has 0 atom stereocenters. The maximum atomic E-state index is 11.9. The number of hydrogen-bond donors (Lipinski definition) is 3. The minimum atomic E-state index is -0.317. The van der Waals surface area contributed by atoms with Crippen molar-refractivity contribution in [1.29, 1.82) is 0 Å². The number of benzene rings is 1. The number of aryl methyl sites for hydroxylation is 1. The van der Waals surface area contributed by atoms with E-state index in [4.69, 9.17) is 0 Å². The molecular weight excluding hydrogens is 306 g/mol. The largest absolute Gasteiger partial charge is 0.354 e. The first kappa shape index (κ1) is 17.5. The molecule has 1 heterocycles. The van der Waals surface area contributed by atoms with Gasteiger partial charge in [-0.25, -0.2) is 9.48 Å². The van der Waals surface area contributed by atoms with E-state index in [0.29, 0.717) is 18.8 Å². The molecule has 0 saturated heterocycles. The first-order valence-corrected chi connectivity index (χ1v) is 7.91. The molecule has 0 bridgehead atoms. The average molecular weight is 329 g/mol. The molecule has 24 heavy (non-hydrogen) atoms. The summed E-state index contributed by atoms with van der Waals surface area (Å²) < 4.78 is 1.80. The smallest absolute Gasteiger partial charge is 0.319 e. The fraction of sp³-hybridized carbons (Fsp3) is 0.353. The van der Waals surface area contributed by atoms with Crippen LogP contribution in [0.2, 0.25) is 0 Å². The molecule has 0 aliphatic rings. The SMILES string of the molecule is Cc1ccnn1-c1cccc(NC(=O)NCCNC(=O)C(C)C)c1. The van der Waals surface area contributed by atoms with E-state index in [2.05, 4.69) is 21.0 Å². The van der Waals surface area contributed by atoms with E-state index in [1.807, 2.05) is 51.1 Å². The van der Waals surface area contributed by atoms with E-state index in [0.717, 1.165) is 11.4 Å². The van der Waals surface area contributed by atoms with Gasteiger partial charge >= 0.3 is 6.03 Å². The summed E-state index contributed by atoms with van der Waals surface area (Å²) in [6.45, 7) is 6.37. The van der Waals surface area contributed by atoms with Crippen LogP contribution < -0.4 is 16.0 Å². The number of carbonyl (C=O) groups is 2. The van der Waals surface area contributed by atoms with Crippen molar-refractivity contribution in [2.45, 2.75) is 20.8 Å². The van der Waals surface area contributed by atoms with Gasteiger partial charge in [-0.1, -0.05) is 19.9 Å². The number of hydrogen-bond acceptors (Lipinski definition) is 3. The van der Waals surface area contributed by atoms with Gasteiger partial charge in [-0.05, 0) is 31.2 Å². The van der Waals surface area contributed by atoms with Crippen LogP contribution in [0.5, 0.6) is 0 Å². The van der Waals surface area contributed by atoms with Gasteiger partial charge in [-0.2, -0.15) is 5.10 Å². The lowest BCUT2D eigenvalue weighted by atomic mass is 10.2. The molecule has 2 aromatic rings. The lowest BCUT2D eigenvalue weighted by Gasteiger charge is -2.11. The first-order chi connectivity index (χ1) is 11.5. The number of nitrogens with zero attached hydrogens (tertiary/aromatic N) is 2. The Kier molecular flexibility index (Phi) is 5.95. The van der Waals surface area contributed by atoms with Crippen molar-refractivity contribution in [1.82, 2.24) is 20.4 Å². The summed E-state index contributed by atoms with van der Waals surface area (Å²) in [5.41, 5.74) is 2.56. The van der Waals surface area contributed by atoms with Crippen LogP contribution >= 0.6 is 0 Å². The van der Waals surface area contributed by atoms with E-state index < -0.39 is 0 Å². The molecular formula is C17H23N5O2. The number of aromatic nitrogens is 2. The molecule has 0 fully saturated rings. The van der Waals surface area contributed by atoms with E-state index in [9.17, 15) is 9.59 Å². The van der Waals surface area contributed by atoms with Crippen molar-refractivity contribution in [3.05, 3.63) is 42.2 Å². The molecule has 1 aromatic heterocycles. The van der Waals surface area contributed by atoms with Gasteiger partial charge in [0.15, 0.2) is 0 Å². The molecule has 0 aliphatic heterocycles. The van der Waals surface area contributed by atoms with Gasteiger partial charge in [0.1, 0.15) is 0 Å². The highest BCUT2D eigenvalue weighted by Crippen LogP contribution is 2.15. The van der Waals surface area contributed by atoms with Crippen molar-refractivity contribution >= 4 is 17.6 Å². The topological polar surface area (TPSA) is 88.1 Å². The molecule has 128 valence electrons. The molecule has 1 aromatic carbocycles. The minimum absolute atomic E-state index is 0.0282. The Labute approximate surface area is 141 Å². The van der Waals surface area contributed by atoms with E-state index >= 15 is 0 Å². The summed E-state index contributed by atoms with van der Waals surface area (Å²) in [7, 11) is 0. The standard InChI is InChI=1S/C17H23N5O2/c1-12(2)16(23)18-9-10-19-17(24)21-14-5-4-6-15(11-14)22-13(3)7-8-20-22/h4-8,11-12H,9-10H2,1-3H3,(H,18,23)(H2,19,21,24). The van der Waals surface area contributed by atoms with Crippen LogP contribution in [-0.4, -0.2) is 34.8 Å². The average Bonchev–Trinajstić information content (AvgIpc) is 2.97. The zero-order valence-corrected chi connectivity index (χ0v) is 14.2. The summed E-state index contributed by atoms with van der Waals surface area (Å²) in [6.07, 6.45) is 1.73. The van der Waals surface area contributed by atoms with Gasteiger partial charge in [0, 0.05) is 36.6 Å². The molecule has 7 heteroatoms. The van der Waals surface area contributed by atoms with Crippen molar-refractivity contribution in [2.24, 2.45) is 5.92 Å². The van der Waals surface area contributed by atoms with Crippen molar-refractivity contribution < 1.29 is 9.59 Å². The number of urea groups is 1. The zero-order chi connectivity index (χ0) is 17.5. The van der Waals surface area contributed by atoms with Crippen LogP contribution in [0.3, 0.4) is 0 Å². The maximum absolute atomic E-state index is 11.9. The monoisotopic (exact) mass is 329 g/mol. The van der Waals surface area contributed by atoms with Crippen LogP contribution in [0.25, 0.3) is 5.69 Å². The minimum Gasteiger partial charge on any atom is -0.354 e. The predicted molar refractivity (Wildman–Crippen MR) is 93.2 cm³/mol. The van der Waals surface area contributed by atoms with Gasteiger partial charge in [-0.3, -0.25) is 4.79 Å². The summed E-state index contributed by atoms with van der Waals surface area (Å²) in [4.78, 5) is 23.3. The molecule has 0 saturated carbocycles. The van der Waals surface area contributed by atoms with Gasteiger partial charge < -0.3 is 16.0 Å². The van der Waals surface area contributed by atoms with Crippen LogP contribution in [0, 0.1) is 12.8 Å². The predicted octanol–water partition coefficient (Wildman–Crippen LogP) is 2.07. The third-order valence-corrected chi connectivity index (χ3v) is 3.41. The molecule has 0 radical (unpaired) electrons. The maximum Gasteiger partial charge on any atom is 0.319 e. The number of nitrogens with one attached hydrogen (secondary N) is 3. The number of rotatable bonds is 6. The summed E-state index contributed by atoms with van der Waals surface area (Å²) in [6, 6.07) is 9.03. The molecule has 7 nitrogen and oxygen atoms in total.